The number of benzene rings is 1. The zero-order valence-electron chi connectivity index (χ0n) is 12.6. The van der Waals surface area contributed by atoms with E-state index in [0.717, 1.165) is 31.2 Å². The molecule has 0 heterocycles. The van der Waals surface area contributed by atoms with E-state index < -0.39 is 5.60 Å². The molecular formula is C18H27NO. The van der Waals surface area contributed by atoms with Crippen molar-refractivity contribution in [3.63, 3.8) is 0 Å². The molecule has 0 radical (unpaired) electrons. The van der Waals surface area contributed by atoms with Gasteiger partial charge in [-0.05, 0) is 42.7 Å². The Morgan fingerprint density at radius 2 is 1.85 bits per heavy atom. The van der Waals surface area contributed by atoms with Crippen LogP contribution >= 0.6 is 0 Å². The topological polar surface area (TPSA) is 46.2 Å². The van der Waals surface area contributed by atoms with Crippen LogP contribution in [0.2, 0.25) is 0 Å². The second-order valence-corrected chi connectivity index (χ2v) is 6.93. The lowest BCUT2D eigenvalue weighted by Crippen LogP contribution is -2.53. The molecule has 0 aliphatic heterocycles. The Balaban J connectivity index is 2.09. The standard InChI is InChI=1S/C18H27NO/c1-14-9-12-18(20,16-8-4-3-7-15(14)16)17(13-19)10-5-2-6-11-17/h3-4,7-8,14,20H,2,5-6,9-13,19H2,1H3. The minimum absolute atomic E-state index is 0.110. The van der Waals surface area contributed by atoms with Crippen LogP contribution in [0.25, 0.3) is 0 Å². The minimum atomic E-state index is -0.717. The average Bonchev–Trinajstić information content (AvgIpc) is 2.52. The van der Waals surface area contributed by atoms with Crippen molar-refractivity contribution in [3.05, 3.63) is 35.4 Å². The largest absolute Gasteiger partial charge is 0.385 e. The fraction of sp³-hybridized carbons (Fsp3) is 0.667. The highest BCUT2D eigenvalue weighted by Gasteiger charge is 2.52. The van der Waals surface area contributed by atoms with Gasteiger partial charge in [0.25, 0.3) is 0 Å². The molecule has 0 bridgehead atoms. The first-order valence-corrected chi connectivity index (χ1v) is 8.15. The Hall–Kier alpha value is -0.860. The molecule has 1 fully saturated rings. The highest BCUT2D eigenvalue weighted by molar-refractivity contribution is 5.39. The summed E-state index contributed by atoms with van der Waals surface area (Å²) in [6.45, 7) is 2.88. The molecule has 110 valence electrons. The molecule has 20 heavy (non-hydrogen) atoms. The fourth-order valence-corrected chi connectivity index (χ4v) is 4.58. The van der Waals surface area contributed by atoms with Crippen LogP contribution in [-0.4, -0.2) is 11.7 Å². The van der Waals surface area contributed by atoms with Crippen LogP contribution < -0.4 is 5.73 Å². The third kappa shape index (κ3) is 1.93. The van der Waals surface area contributed by atoms with Crippen molar-refractivity contribution >= 4 is 0 Å². The highest BCUT2D eigenvalue weighted by atomic mass is 16.3. The second kappa shape index (κ2) is 5.16. The van der Waals surface area contributed by atoms with Gasteiger partial charge in [-0.25, -0.2) is 0 Å². The first-order valence-electron chi connectivity index (χ1n) is 8.15. The van der Waals surface area contributed by atoms with Crippen LogP contribution in [0.1, 0.15) is 68.9 Å². The summed E-state index contributed by atoms with van der Waals surface area (Å²) >= 11 is 0. The molecule has 0 saturated heterocycles. The van der Waals surface area contributed by atoms with Gasteiger partial charge in [0.1, 0.15) is 0 Å². The third-order valence-corrected chi connectivity index (χ3v) is 5.96. The normalized spacial score (nSPS) is 32.6. The summed E-state index contributed by atoms with van der Waals surface area (Å²) in [5.74, 6) is 0.546. The molecule has 0 amide bonds. The van der Waals surface area contributed by atoms with E-state index in [1.54, 1.807) is 0 Å². The predicted molar refractivity (Wildman–Crippen MR) is 82.6 cm³/mol. The lowest BCUT2D eigenvalue weighted by atomic mass is 9.56. The number of rotatable bonds is 2. The Labute approximate surface area is 122 Å². The molecule has 2 atom stereocenters. The van der Waals surface area contributed by atoms with Gasteiger partial charge in [-0.1, -0.05) is 50.5 Å². The minimum Gasteiger partial charge on any atom is -0.385 e. The quantitative estimate of drug-likeness (QED) is 0.863. The van der Waals surface area contributed by atoms with Crippen molar-refractivity contribution in [2.45, 2.75) is 63.4 Å². The molecule has 3 rings (SSSR count). The van der Waals surface area contributed by atoms with Gasteiger partial charge in [0.15, 0.2) is 0 Å². The molecule has 3 N–H and O–H groups in total. The number of hydrogen-bond donors (Lipinski definition) is 2. The van der Waals surface area contributed by atoms with E-state index in [2.05, 4.69) is 31.2 Å². The third-order valence-electron chi connectivity index (χ3n) is 5.96. The number of fused-ring (bicyclic) bond motifs is 1. The highest BCUT2D eigenvalue weighted by Crippen LogP contribution is 2.55. The summed E-state index contributed by atoms with van der Waals surface area (Å²) in [4.78, 5) is 0. The van der Waals surface area contributed by atoms with E-state index in [4.69, 9.17) is 5.73 Å². The van der Waals surface area contributed by atoms with Gasteiger partial charge in [0.2, 0.25) is 0 Å². The van der Waals surface area contributed by atoms with E-state index in [9.17, 15) is 5.11 Å². The average molecular weight is 273 g/mol. The molecule has 2 aliphatic carbocycles. The predicted octanol–water partition coefficient (Wildman–Crippen LogP) is 3.68. The lowest BCUT2D eigenvalue weighted by Gasteiger charge is -2.52. The smallest absolute Gasteiger partial charge is 0.0967 e. The molecule has 1 saturated carbocycles. The van der Waals surface area contributed by atoms with Crippen LogP contribution in [-0.2, 0) is 5.60 Å². The van der Waals surface area contributed by atoms with Crippen LogP contribution in [0.5, 0.6) is 0 Å². The molecule has 2 aliphatic rings. The van der Waals surface area contributed by atoms with E-state index in [0.29, 0.717) is 12.5 Å². The van der Waals surface area contributed by atoms with Gasteiger partial charge in [-0.2, -0.15) is 0 Å². The fourth-order valence-electron chi connectivity index (χ4n) is 4.58. The summed E-state index contributed by atoms with van der Waals surface area (Å²) in [6.07, 6.45) is 7.77. The number of hydrogen-bond acceptors (Lipinski definition) is 2. The summed E-state index contributed by atoms with van der Waals surface area (Å²) in [5, 5.41) is 11.6. The van der Waals surface area contributed by atoms with Crippen LogP contribution in [0.4, 0.5) is 0 Å². The monoisotopic (exact) mass is 273 g/mol. The zero-order chi connectivity index (χ0) is 14.2. The first-order chi connectivity index (χ1) is 9.63. The van der Waals surface area contributed by atoms with Crippen molar-refractivity contribution in [1.82, 2.24) is 0 Å². The maximum atomic E-state index is 11.6. The summed E-state index contributed by atoms with van der Waals surface area (Å²) in [7, 11) is 0. The number of nitrogens with two attached hydrogens (primary N) is 1. The van der Waals surface area contributed by atoms with Gasteiger partial charge < -0.3 is 10.8 Å². The zero-order valence-corrected chi connectivity index (χ0v) is 12.6. The van der Waals surface area contributed by atoms with Gasteiger partial charge in [0, 0.05) is 12.0 Å². The second-order valence-electron chi connectivity index (χ2n) is 6.93. The van der Waals surface area contributed by atoms with Gasteiger partial charge >= 0.3 is 0 Å². The van der Waals surface area contributed by atoms with Crippen LogP contribution in [0, 0.1) is 5.41 Å². The Morgan fingerprint density at radius 1 is 1.15 bits per heavy atom. The van der Waals surface area contributed by atoms with Gasteiger partial charge in [-0.3, -0.25) is 0 Å². The number of aliphatic hydroxyl groups is 1. The van der Waals surface area contributed by atoms with Crippen LogP contribution in [0.15, 0.2) is 24.3 Å². The van der Waals surface area contributed by atoms with Gasteiger partial charge in [-0.15, -0.1) is 0 Å². The molecular weight excluding hydrogens is 246 g/mol. The van der Waals surface area contributed by atoms with E-state index in [-0.39, 0.29) is 5.41 Å². The van der Waals surface area contributed by atoms with Crippen LogP contribution in [0.3, 0.4) is 0 Å². The maximum Gasteiger partial charge on any atom is 0.0967 e. The van der Waals surface area contributed by atoms with Crippen molar-refractivity contribution in [1.29, 1.82) is 0 Å². The molecule has 2 unspecified atom stereocenters. The Morgan fingerprint density at radius 3 is 2.55 bits per heavy atom. The molecule has 2 nitrogen and oxygen atoms in total. The van der Waals surface area contributed by atoms with Crippen molar-refractivity contribution in [3.8, 4) is 0 Å². The Bertz CT molecular complexity index is 478. The van der Waals surface area contributed by atoms with Crippen molar-refractivity contribution in [2.24, 2.45) is 11.1 Å². The van der Waals surface area contributed by atoms with E-state index in [1.807, 2.05) is 0 Å². The lowest BCUT2D eigenvalue weighted by molar-refractivity contribution is -0.119. The summed E-state index contributed by atoms with van der Waals surface area (Å²) in [5.41, 5.74) is 7.85. The SMILES string of the molecule is CC1CCC(O)(C2(CN)CCCCC2)c2ccccc21. The Kier molecular flexibility index (Phi) is 3.64. The summed E-state index contributed by atoms with van der Waals surface area (Å²) < 4.78 is 0. The molecule has 2 heteroatoms. The van der Waals surface area contributed by atoms with Crippen molar-refractivity contribution in [2.75, 3.05) is 6.54 Å². The van der Waals surface area contributed by atoms with Gasteiger partial charge in [0.05, 0.1) is 5.60 Å². The van der Waals surface area contributed by atoms with E-state index in [1.165, 1.54) is 24.8 Å². The first kappa shape index (κ1) is 14.1. The van der Waals surface area contributed by atoms with Crippen molar-refractivity contribution < 1.29 is 5.11 Å². The molecule has 0 aromatic heterocycles. The molecule has 1 aromatic carbocycles. The van der Waals surface area contributed by atoms with E-state index >= 15 is 0 Å². The summed E-state index contributed by atoms with van der Waals surface area (Å²) in [6, 6.07) is 8.49. The molecule has 1 aromatic rings. The molecule has 0 spiro atoms. The maximum absolute atomic E-state index is 11.6.